The molecule has 0 heterocycles. The minimum Gasteiger partial charge on any atom is -0.458 e. The Morgan fingerprint density at radius 2 is 1.21 bits per heavy atom. The molecule has 0 bridgehead atoms. The fourth-order valence-corrected chi connectivity index (χ4v) is 1.41. The smallest absolute Gasteiger partial charge is 0.458 e. The van der Waals surface area contributed by atoms with Crippen LogP contribution in [0.15, 0.2) is 0 Å². The molecule has 12 heteroatoms. The Morgan fingerprint density at radius 3 is 1.50 bits per heavy atom. The zero-order valence-corrected chi connectivity index (χ0v) is 12.9. The Bertz CT molecular complexity index is 475. The van der Waals surface area contributed by atoms with Crippen LogP contribution in [0, 0.1) is 0 Å². The number of carbonyl (C=O) groups excluding carboxylic acids is 1. The van der Waals surface area contributed by atoms with E-state index in [9.17, 15) is 49.4 Å². The van der Waals surface area contributed by atoms with Crippen LogP contribution in [0.1, 0.15) is 34.1 Å². The van der Waals surface area contributed by atoms with Gasteiger partial charge < -0.3 is 9.84 Å². The van der Waals surface area contributed by atoms with Gasteiger partial charge in [-0.3, -0.25) is 0 Å². The van der Waals surface area contributed by atoms with Crippen LogP contribution >= 0.6 is 0 Å². The molecule has 0 aromatic heterocycles. The molecule has 0 aliphatic carbocycles. The SMILES string of the molecule is CC(C)(C)OC(=O)C(C)(O)CC(F)(F)C(F)(F)C(F)(F)C(F)(F)F. The van der Waals surface area contributed by atoms with Crippen LogP contribution in [0.25, 0.3) is 0 Å². The first-order chi connectivity index (χ1) is 10.1. The third-order valence-corrected chi connectivity index (χ3v) is 2.61. The van der Waals surface area contributed by atoms with Crippen LogP contribution in [-0.4, -0.2) is 46.2 Å². The second kappa shape index (κ2) is 5.95. The van der Waals surface area contributed by atoms with Crippen LogP contribution in [-0.2, 0) is 9.53 Å². The molecular weight excluding hydrogens is 363 g/mol. The average molecular weight is 378 g/mol. The first-order valence-electron chi connectivity index (χ1n) is 6.24. The largest absolute Gasteiger partial charge is 0.460 e. The maximum Gasteiger partial charge on any atom is 0.460 e. The average Bonchev–Trinajstić information content (AvgIpc) is 2.22. The maximum atomic E-state index is 13.4. The number of halogens is 9. The lowest BCUT2D eigenvalue weighted by Crippen LogP contribution is -2.63. The molecule has 0 aromatic rings. The van der Waals surface area contributed by atoms with Crippen LogP contribution in [0.3, 0.4) is 0 Å². The van der Waals surface area contributed by atoms with Gasteiger partial charge in [-0.25, -0.2) is 4.79 Å². The lowest BCUT2D eigenvalue weighted by molar-refractivity contribution is -0.399. The third-order valence-electron chi connectivity index (χ3n) is 2.61. The number of aliphatic hydroxyl groups is 1. The van der Waals surface area contributed by atoms with Crippen molar-refractivity contribution in [2.75, 3.05) is 0 Å². The summed E-state index contributed by atoms with van der Waals surface area (Å²) >= 11 is 0. The molecule has 144 valence electrons. The number of alkyl halides is 9. The first-order valence-corrected chi connectivity index (χ1v) is 6.24. The number of rotatable bonds is 5. The number of carbonyl (C=O) groups is 1. The molecule has 3 nitrogen and oxygen atoms in total. The van der Waals surface area contributed by atoms with Gasteiger partial charge >= 0.3 is 29.9 Å². The normalized spacial score (nSPS) is 17.4. The molecule has 0 radical (unpaired) electrons. The zero-order valence-electron chi connectivity index (χ0n) is 12.9. The standard InChI is InChI=1S/C12H15F9O3/c1-7(2,3)24-6(22)8(4,23)5-9(13,14)10(15,16)11(17,18)12(19,20)21/h23H,5H2,1-4H3. The van der Waals surface area contributed by atoms with Crippen molar-refractivity contribution in [1.29, 1.82) is 0 Å². The van der Waals surface area contributed by atoms with E-state index in [4.69, 9.17) is 0 Å². The van der Waals surface area contributed by atoms with Crippen molar-refractivity contribution < 1.29 is 54.2 Å². The molecule has 0 saturated heterocycles. The summed E-state index contributed by atoms with van der Waals surface area (Å²) in [6.07, 6.45) is -9.69. The highest BCUT2D eigenvalue weighted by molar-refractivity contribution is 5.79. The van der Waals surface area contributed by atoms with Gasteiger partial charge in [0, 0.05) is 0 Å². The molecule has 0 aliphatic heterocycles. The van der Waals surface area contributed by atoms with Gasteiger partial charge in [0.2, 0.25) is 0 Å². The van der Waals surface area contributed by atoms with Gasteiger partial charge in [0.05, 0.1) is 6.42 Å². The summed E-state index contributed by atoms with van der Waals surface area (Å²) in [5.74, 6) is -22.0. The van der Waals surface area contributed by atoms with Gasteiger partial charge in [0.1, 0.15) is 5.60 Å². The molecule has 0 rings (SSSR count). The van der Waals surface area contributed by atoms with Crippen molar-refractivity contribution in [3.8, 4) is 0 Å². The molecule has 0 aromatic carbocycles. The molecule has 1 atom stereocenters. The second-order valence-corrected chi connectivity index (χ2v) is 6.30. The Balaban J connectivity index is 5.64. The Labute approximate surface area is 130 Å². The first kappa shape index (κ1) is 22.8. The molecule has 0 fully saturated rings. The van der Waals surface area contributed by atoms with E-state index in [-0.39, 0.29) is 6.92 Å². The number of hydrogen-bond donors (Lipinski definition) is 1. The summed E-state index contributed by atoms with van der Waals surface area (Å²) in [5, 5.41) is 9.50. The molecular formula is C12H15F9O3. The quantitative estimate of drug-likeness (QED) is 0.582. The molecule has 0 saturated carbocycles. The van der Waals surface area contributed by atoms with Gasteiger partial charge in [-0.05, 0) is 27.7 Å². The fourth-order valence-electron chi connectivity index (χ4n) is 1.41. The summed E-state index contributed by atoms with van der Waals surface area (Å²) in [6, 6.07) is 0. The van der Waals surface area contributed by atoms with Gasteiger partial charge in [0.15, 0.2) is 5.60 Å². The fraction of sp³-hybridized carbons (Fsp3) is 0.917. The van der Waals surface area contributed by atoms with Crippen LogP contribution in [0.4, 0.5) is 39.5 Å². The number of ether oxygens (including phenoxy) is 1. The van der Waals surface area contributed by atoms with Crippen LogP contribution in [0.2, 0.25) is 0 Å². The van der Waals surface area contributed by atoms with E-state index in [0.29, 0.717) is 0 Å². The highest BCUT2D eigenvalue weighted by Gasteiger charge is 2.82. The van der Waals surface area contributed by atoms with Gasteiger partial charge in [-0.15, -0.1) is 0 Å². The van der Waals surface area contributed by atoms with Gasteiger partial charge in [-0.2, -0.15) is 39.5 Å². The topological polar surface area (TPSA) is 46.5 Å². The van der Waals surface area contributed by atoms with E-state index in [2.05, 4.69) is 4.74 Å². The van der Waals surface area contributed by atoms with E-state index < -0.39 is 47.5 Å². The Morgan fingerprint density at radius 1 is 0.833 bits per heavy atom. The summed E-state index contributed by atoms with van der Waals surface area (Å²) in [4.78, 5) is 11.5. The van der Waals surface area contributed by atoms with E-state index in [1.165, 1.54) is 20.8 Å². The zero-order chi connectivity index (χ0) is 20.0. The summed E-state index contributed by atoms with van der Waals surface area (Å²) in [7, 11) is 0. The van der Waals surface area contributed by atoms with Crippen molar-refractivity contribution in [2.45, 2.75) is 69.3 Å². The Kier molecular flexibility index (Phi) is 5.66. The summed E-state index contributed by atoms with van der Waals surface area (Å²) < 4.78 is 119. The predicted molar refractivity (Wildman–Crippen MR) is 62.0 cm³/mol. The molecule has 0 spiro atoms. The molecule has 24 heavy (non-hydrogen) atoms. The third kappa shape index (κ3) is 4.45. The van der Waals surface area contributed by atoms with Crippen molar-refractivity contribution in [2.24, 2.45) is 0 Å². The molecule has 0 aliphatic rings. The van der Waals surface area contributed by atoms with Gasteiger partial charge in [-0.1, -0.05) is 0 Å². The van der Waals surface area contributed by atoms with Crippen LogP contribution in [0.5, 0.6) is 0 Å². The second-order valence-electron chi connectivity index (χ2n) is 6.30. The van der Waals surface area contributed by atoms with E-state index in [1.807, 2.05) is 0 Å². The van der Waals surface area contributed by atoms with E-state index in [0.717, 1.165) is 0 Å². The number of esters is 1. The molecule has 0 amide bonds. The molecule has 1 N–H and O–H groups in total. The van der Waals surface area contributed by atoms with Gasteiger partial charge in [0.25, 0.3) is 0 Å². The van der Waals surface area contributed by atoms with Crippen molar-refractivity contribution in [3.05, 3.63) is 0 Å². The van der Waals surface area contributed by atoms with E-state index in [1.54, 1.807) is 0 Å². The van der Waals surface area contributed by atoms with Crippen molar-refractivity contribution in [1.82, 2.24) is 0 Å². The minimum absolute atomic E-state index is 0.233. The lowest BCUT2D eigenvalue weighted by atomic mass is 9.91. The Hall–Kier alpha value is -1.20. The predicted octanol–water partition coefficient (Wildman–Crippen LogP) is 3.94. The van der Waals surface area contributed by atoms with E-state index >= 15 is 0 Å². The number of hydrogen-bond acceptors (Lipinski definition) is 3. The highest BCUT2D eigenvalue weighted by Crippen LogP contribution is 2.55. The summed E-state index contributed by atoms with van der Waals surface area (Å²) in [5.41, 5.74) is -4.81. The van der Waals surface area contributed by atoms with Crippen molar-refractivity contribution in [3.63, 3.8) is 0 Å². The minimum atomic E-state index is -7.09. The highest BCUT2D eigenvalue weighted by atomic mass is 19.4. The van der Waals surface area contributed by atoms with Crippen LogP contribution < -0.4 is 0 Å². The molecule has 1 unspecified atom stereocenters. The summed E-state index contributed by atoms with van der Waals surface area (Å²) in [6.45, 7) is 3.87. The maximum absolute atomic E-state index is 13.4. The monoisotopic (exact) mass is 378 g/mol. The van der Waals surface area contributed by atoms with Crippen molar-refractivity contribution >= 4 is 5.97 Å². The lowest BCUT2D eigenvalue weighted by Gasteiger charge is -2.36.